The molecule has 0 bridgehead atoms. The molecule has 106 valence electrons. The molecular weight excluding hydrogens is 252 g/mol. The number of methoxy groups -OCH3 is 1. The Morgan fingerprint density at radius 3 is 2.55 bits per heavy atom. The third kappa shape index (κ3) is 3.71. The van der Waals surface area contributed by atoms with Gasteiger partial charge in [0.2, 0.25) is 5.88 Å². The summed E-state index contributed by atoms with van der Waals surface area (Å²) in [6.45, 7) is 1.50. The van der Waals surface area contributed by atoms with E-state index in [1.165, 1.54) is 0 Å². The van der Waals surface area contributed by atoms with Crippen LogP contribution in [0.15, 0.2) is 42.6 Å². The van der Waals surface area contributed by atoms with Crippen LogP contribution in [0.3, 0.4) is 0 Å². The number of nitrogens with zero attached hydrogens (tertiary/aromatic N) is 2. The standard InChI is InChI=1S/C16H20N2O2/c1-18(2)10-11-20-16-9-8-13(12-17-16)14-6-4-5-7-15(14)19-3/h4-9,12H,10-11H2,1-3H3. The van der Waals surface area contributed by atoms with Crippen molar-refractivity contribution in [3.05, 3.63) is 42.6 Å². The van der Waals surface area contributed by atoms with Gasteiger partial charge in [0.05, 0.1) is 7.11 Å². The first kappa shape index (κ1) is 14.3. The normalized spacial score (nSPS) is 10.6. The Kier molecular flexibility index (Phi) is 4.96. The average molecular weight is 272 g/mol. The number of likely N-dealkylation sites (N-methyl/N-ethyl adjacent to an activating group) is 1. The molecule has 0 atom stereocenters. The first-order valence-corrected chi connectivity index (χ1v) is 6.57. The van der Waals surface area contributed by atoms with Gasteiger partial charge in [0.1, 0.15) is 12.4 Å². The van der Waals surface area contributed by atoms with Crippen LogP contribution < -0.4 is 9.47 Å². The van der Waals surface area contributed by atoms with Crippen LogP contribution in [0.2, 0.25) is 0 Å². The Balaban J connectivity index is 2.08. The van der Waals surface area contributed by atoms with Crippen LogP contribution in [0.4, 0.5) is 0 Å². The second-order valence-electron chi connectivity index (χ2n) is 4.74. The average Bonchev–Trinajstić information content (AvgIpc) is 2.47. The monoisotopic (exact) mass is 272 g/mol. The van der Waals surface area contributed by atoms with E-state index in [1.807, 2.05) is 56.7 Å². The molecule has 2 aromatic rings. The van der Waals surface area contributed by atoms with E-state index in [9.17, 15) is 0 Å². The molecule has 4 heteroatoms. The first-order chi connectivity index (χ1) is 9.70. The minimum atomic E-state index is 0.633. The van der Waals surface area contributed by atoms with Gasteiger partial charge in [-0.25, -0.2) is 4.98 Å². The number of pyridine rings is 1. The van der Waals surface area contributed by atoms with E-state index in [4.69, 9.17) is 9.47 Å². The molecule has 0 amide bonds. The zero-order chi connectivity index (χ0) is 14.4. The van der Waals surface area contributed by atoms with Gasteiger partial charge in [-0.1, -0.05) is 18.2 Å². The molecule has 0 fully saturated rings. The number of benzene rings is 1. The van der Waals surface area contributed by atoms with Crippen LogP contribution in [-0.4, -0.2) is 44.2 Å². The SMILES string of the molecule is COc1ccccc1-c1ccc(OCCN(C)C)nc1. The third-order valence-electron chi connectivity index (χ3n) is 2.94. The quantitative estimate of drug-likeness (QED) is 0.810. The Bertz CT molecular complexity index is 538. The predicted molar refractivity (Wildman–Crippen MR) is 80.3 cm³/mol. The van der Waals surface area contributed by atoms with Crippen molar-refractivity contribution in [1.29, 1.82) is 0 Å². The number of para-hydroxylation sites is 1. The van der Waals surface area contributed by atoms with Gasteiger partial charge in [-0.2, -0.15) is 0 Å². The lowest BCUT2D eigenvalue weighted by Gasteiger charge is -2.11. The molecule has 1 aromatic heterocycles. The van der Waals surface area contributed by atoms with Gasteiger partial charge in [-0.05, 0) is 26.2 Å². The van der Waals surface area contributed by atoms with E-state index in [1.54, 1.807) is 7.11 Å². The van der Waals surface area contributed by atoms with Crippen LogP contribution in [0, 0.1) is 0 Å². The van der Waals surface area contributed by atoms with E-state index in [-0.39, 0.29) is 0 Å². The maximum Gasteiger partial charge on any atom is 0.213 e. The Morgan fingerprint density at radius 1 is 1.10 bits per heavy atom. The highest BCUT2D eigenvalue weighted by molar-refractivity contribution is 5.69. The van der Waals surface area contributed by atoms with Crippen LogP contribution in [0.25, 0.3) is 11.1 Å². The van der Waals surface area contributed by atoms with Gasteiger partial charge < -0.3 is 14.4 Å². The lowest BCUT2D eigenvalue weighted by molar-refractivity contribution is 0.254. The minimum absolute atomic E-state index is 0.633. The lowest BCUT2D eigenvalue weighted by atomic mass is 10.1. The largest absolute Gasteiger partial charge is 0.496 e. The molecule has 1 aromatic carbocycles. The fraction of sp³-hybridized carbons (Fsp3) is 0.312. The Labute approximate surface area is 120 Å². The van der Waals surface area contributed by atoms with Crippen molar-refractivity contribution >= 4 is 0 Å². The number of hydrogen-bond donors (Lipinski definition) is 0. The van der Waals surface area contributed by atoms with Crippen LogP contribution in [-0.2, 0) is 0 Å². The summed E-state index contributed by atoms with van der Waals surface area (Å²) in [6.07, 6.45) is 1.81. The van der Waals surface area contributed by atoms with E-state index in [2.05, 4.69) is 9.88 Å². The van der Waals surface area contributed by atoms with Crippen LogP contribution in [0.1, 0.15) is 0 Å². The molecule has 0 spiro atoms. The number of aromatic nitrogens is 1. The Morgan fingerprint density at radius 2 is 1.90 bits per heavy atom. The van der Waals surface area contributed by atoms with Crippen molar-refractivity contribution in [2.75, 3.05) is 34.4 Å². The zero-order valence-electron chi connectivity index (χ0n) is 12.2. The zero-order valence-corrected chi connectivity index (χ0v) is 12.2. The van der Waals surface area contributed by atoms with Crippen LogP contribution >= 0.6 is 0 Å². The van der Waals surface area contributed by atoms with Crippen molar-refractivity contribution in [1.82, 2.24) is 9.88 Å². The van der Waals surface area contributed by atoms with Gasteiger partial charge in [0.25, 0.3) is 0 Å². The molecular formula is C16H20N2O2. The fourth-order valence-electron chi connectivity index (χ4n) is 1.84. The minimum Gasteiger partial charge on any atom is -0.496 e. The molecule has 2 rings (SSSR count). The molecule has 0 aliphatic carbocycles. The topological polar surface area (TPSA) is 34.6 Å². The van der Waals surface area contributed by atoms with Gasteiger partial charge in [0, 0.05) is 29.9 Å². The molecule has 0 saturated carbocycles. The summed E-state index contributed by atoms with van der Waals surface area (Å²) in [7, 11) is 5.70. The van der Waals surface area contributed by atoms with Crippen molar-refractivity contribution in [2.24, 2.45) is 0 Å². The van der Waals surface area contributed by atoms with E-state index in [0.717, 1.165) is 23.4 Å². The highest BCUT2D eigenvalue weighted by Crippen LogP contribution is 2.29. The van der Waals surface area contributed by atoms with Crippen molar-refractivity contribution < 1.29 is 9.47 Å². The molecule has 1 heterocycles. The van der Waals surface area contributed by atoms with Gasteiger partial charge >= 0.3 is 0 Å². The maximum atomic E-state index is 5.58. The molecule has 0 aliphatic heterocycles. The molecule has 0 N–H and O–H groups in total. The van der Waals surface area contributed by atoms with Crippen molar-refractivity contribution in [3.63, 3.8) is 0 Å². The number of rotatable bonds is 6. The van der Waals surface area contributed by atoms with E-state index >= 15 is 0 Å². The van der Waals surface area contributed by atoms with Gasteiger partial charge in [0.15, 0.2) is 0 Å². The summed E-state index contributed by atoms with van der Waals surface area (Å²) in [5, 5.41) is 0. The first-order valence-electron chi connectivity index (χ1n) is 6.57. The maximum absolute atomic E-state index is 5.58. The van der Waals surface area contributed by atoms with Crippen molar-refractivity contribution in [2.45, 2.75) is 0 Å². The third-order valence-corrected chi connectivity index (χ3v) is 2.94. The molecule has 20 heavy (non-hydrogen) atoms. The number of hydrogen-bond acceptors (Lipinski definition) is 4. The summed E-state index contributed by atoms with van der Waals surface area (Å²) in [5.74, 6) is 1.49. The lowest BCUT2D eigenvalue weighted by Crippen LogP contribution is -2.19. The molecule has 0 aliphatic rings. The summed E-state index contributed by atoms with van der Waals surface area (Å²) < 4.78 is 10.9. The predicted octanol–water partition coefficient (Wildman–Crippen LogP) is 2.70. The van der Waals surface area contributed by atoms with E-state index < -0.39 is 0 Å². The van der Waals surface area contributed by atoms with Gasteiger partial charge in [-0.3, -0.25) is 0 Å². The molecule has 4 nitrogen and oxygen atoms in total. The van der Waals surface area contributed by atoms with Crippen LogP contribution in [0.5, 0.6) is 11.6 Å². The molecule has 0 unspecified atom stereocenters. The fourth-order valence-corrected chi connectivity index (χ4v) is 1.84. The smallest absolute Gasteiger partial charge is 0.213 e. The van der Waals surface area contributed by atoms with Crippen molar-refractivity contribution in [3.8, 4) is 22.8 Å². The summed E-state index contributed by atoms with van der Waals surface area (Å²) in [4.78, 5) is 6.40. The summed E-state index contributed by atoms with van der Waals surface area (Å²) in [6, 6.07) is 11.8. The summed E-state index contributed by atoms with van der Waals surface area (Å²) >= 11 is 0. The second kappa shape index (κ2) is 6.91. The Hall–Kier alpha value is -2.07. The van der Waals surface area contributed by atoms with Gasteiger partial charge in [-0.15, -0.1) is 0 Å². The highest BCUT2D eigenvalue weighted by Gasteiger charge is 2.05. The second-order valence-corrected chi connectivity index (χ2v) is 4.74. The molecule has 0 saturated heterocycles. The number of ether oxygens (including phenoxy) is 2. The summed E-state index contributed by atoms with van der Waals surface area (Å²) in [5.41, 5.74) is 2.05. The van der Waals surface area contributed by atoms with E-state index in [0.29, 0.717) is 12.5 Å². The highest BCUT2D eigenvalue weighted by atomic mass is 16.5. The molecule has 0 radical (unpaired) electrons.